The lowest BCUT2D eigenvalue weighted by Gasteiger charge is -2.26. The van der Waals surface area contributed by atoms with Gasteiger partial charge in [-0.2, -0.15) is 4.98 Å². The summed E-state index contributed by atoms with van der Waals surface area (Å²) >= 11 is 1.38. The van der Waals surface area contributed by atoms with E-state index >= 15 is 0 Å². The predicted molar refractivity (Wildman–Crippen MR) is 75.0 cm³/mol. The number of H-pyrrole nitrogens is 1. The summed E-state index contributed by atoms with van der Waals surface area (Å²) in [5, 5.41) is 0.725. The second-order valence-electron chi connectivity index (χ2n) is 4.94. The highest BCUT2D eigenvalue weighted by Gasteiger charge is 2.21. The van der Waals surface area contributed by atoms with E-state index in [1.54, 1.807) is 0 Å². The van der Waals surface area contributed by atoms with Crippen molar-refractivity contribution in [1.82, 2.24) is 14.9 Å². The van der Waals surface area contributed by atoms with Gasteiger partial charge in [-0.3, -0.25) is 4.79 Å². The van der Waals surface area contributed by atoms with Crippen molar-refractivity contribution in [2.75, 3.05) is 32.1 Å². The van der Waals surface area contributed by atoms with E-state index < -0.39 is 0 Å². The van der Waals surface area contributed by atoms with E-state index in [9.17, 15) is 9.59 Å². The molecule has 1 aromatic rings. The maximum atomic E-state index is 12.1. The van der Waals surface area contributed by atoms with Gasteiger partial charge in [0.2, 0.25) is 5.91 Å². The Balaban J connectivity index is 1.66. The lowest BCUT2D eigenvalue weighted by atomic mass is 10.3. The van der Waals surface area contributed by atoms with Gasteiger partial charge in [0.25, 0.3) is 0 Å². The Morgan fingerprint density at radius 3 is 2.95 bits per heavy atom. The third-order valence-electron chi connectivity index (χ3n) is 3.63. The van der Waals surface area contributed by atoms with Crippen LogP contribution in [0, 0.1) is 0 Å². The number of carbonyl (C=O) groups is 1. The lowest BCUT2D eigenvalue weighted by molar-refractivity contribution is -0.132. The summed E-state index contributed by atoms with van der Waals surface area (Å²) in [6.45, 7) is 2.52. The van der Waals surface area contributed by atoms with Crippen LogP contribution < -0.4 is 5.69 Å². The van der Waals surface area contributed by atoms with Gasteiger partial charge in [0.15, 0.2) is 0 Å². The molecule has 1 amide bonds. The summed E-state index contributed by atoms with van der Waals surface area (Å²) in [4.78, 5) is 32.2. The molecule has 1 aliphatic carbocycles. The Kier molecular flexibility index (Phi) is 4.07. The number of aromatic amines is 1. The van der Waals surface area contributed by atoms with E-state index in [4.69, 9.17) is 4.74 Å². The van der Waals surface area contributed by atoms with Gasteiger partial charge in [-0.1, -0.05) is 11.8 Å². The Morgan fingerprint density at radius 1 is 1.35 bits per heavy atom. The minimum Gasteiger partial charge on any atom is -0.378 e. The fraction of sp³-hybridized carbons (Fsp3) is 0.615. The third kappa shape index (κ3) is 2.88. The van der Waals surface area contributed by atoms with Crippen LogP contribution in [0.2, 0.25) is 0 Å². The van der Waals surface area contributed by atoms with E-state index in [1.807, 2.05) is 4.90 Å². The first-order valence-corrected chi connectivity index (χ1v) is 7.83. The molecule has 20 heavy (non-hydrogen) atoms. The normalized spacial score (nSPS) is 18.1. The van der Waals surface area contributed by atoms with E-state index in [2.05, 4.69) is 9.97 Å². The third-order valence-corrected chi connectivity index (χ3v) is 4.64. The highest BCUT2D eigenvalue weighted by molar-refractivity contribution is 7.99. The zero-order chi connectivity index (χ0) is 13.9. The molecule has 108 valence electrons. The van der Waals surface area contributed by atoms with Crippen LogP contribution in [-0.2, 0) is 22.4 Å². The van der Waals surface area contributed by atoms with Crippen molar-refractivity contribution >= 4 is 17.7 Å². The fourth-order valence-electron chi connectivity index (χ4n) is 2.59. The predicted octanol–water partition coefficient (Wildman–Crippen LogP) is 0.209. The molecular weight excluding hydrogens is 278 g/mol. The summed E-state index contributed by atoms with van der Waals surface area (Å²) in [6.07, 6.45) is 2.88. The van der Waals surface area contributed by atoms with Crippen LogP contribution >= 0.6 is 11.8 Å². The average Bonchev–Trinajstić information content (AvgIpc) is 2.93. The van der Waals surface area contributed by atoms with Crippen LogP contribution in [0.1, 0.15) is 17.7 Å². The number of nitrogens with zero attached hydrogens (tertiary/aromatic N) is 2. The molecule has 0 bridgehead atoms. The topological polar surface area (TPSA) is 75.3 Å². The zero-order valence-corrected chi connectivity index (χ0v) is 12.0. The number of carbonyl (C=O) groups excluding carboxylic acids is 1. The van der Waals surface area contributed by atoms with Crippen LogP contribution in [-0.4, -0.2) is 52.8 Å². The van der Waals surface area contributed by atoms with E-state index in [0.29, 0.717) is 32.1 Å². The average molecular weight is 295 g/mol. The van der Waals surface area contributed by atoms with Gasteiger partial charge in [0, 0.05) is 24.3 Å². The van der Waals surface area contributed by atoms with E-state index in [0.717, 1.165) is 35.5 Å². The summed E-state index contributed by atoms with van der Waals surface area (Å²) in [5.41, 5.74) is 1.79. The summed E-state index contributed by atoms with van der Waals surface area (Å²) in [6, 6.07) is 0. The largest absolute Gasteiger partial charge is 0.378 e. The number of morpholine rings is 1. The Hall–Kier alpha value is -1.34. The number of hydrogen-bond donors (Lipinski definition) is 1. The van der Waals surface area contributed by atoms with Crippen molar-refractivity contribution in [3.63, 3.8) is 0 Å². The van der Waals surface area contributed by atoms with Gasteiger partial charge in [0.1, 0.15) is 5.03 Å². The number of rotatable bonds is 3. The molecule has 0 unspecified atom stereocenters. The van der Waals surface area contributed by atoms with Gasteiger partial charge in [0.05, 0.1) is 19.0 Å². The highest BCUT2D eigenvalue weighted by Crippen LogP contribution is 2.27. The van der Waals surface area contributed by atoms with Crippen molar-refractivity contribution in [3.8, 4) is 0 Å². The lowest BCUT2D eigenvalue weighted by Crippen LogP contribution is -2.41. The molecule has 1 fully saturated rings. The molecule has 0 spiro atoms. The van der Waals surface area contributed by atoms with Crippen molar-refractivity contribution in [1.29, 1.82) is 0 Å². The number of amides is 1. The molecule has 3 rings (SSSR count). The zero-order valence-electron chi connectivity index (χ0n) is 11.2. The van der Waals surface area contributed by atoms with Gasteiger partial charge in [-0.05, 0) is 19.3 Å². The molecule has 6 nitrogen and oxygen atoms in total. The first-order chi connectivity index (χ1) is 9.74. The van der Waals surface area contributed by atoms with E-state index in [1.165, 1.54) is 11.8 Å². The molecule has 1 N–H and O–H groups in total. The molecule has 1 saturated heterocycles. The van der Waals surface area contributed by atoms with Crippen molar-refractivity contribution in [3.05, 3.63) is 21.7 Å². The van der Waals surface area contributed by atoms with Crippen LogP contribution in [0.4, 0.5) is 0 Å². The number of ether oxygens (including phenoxy) is 1. The van der Waals surface area contributed by atoms with E-state index in [-0.39, 0.29) is 11.6 Å². The Morgan fingerprint density at radius 2 is 2.15 bits per heavy atom. The number of aryl methyl sites for hydroxylation is 1. The molecule has 7 heteroatoms. The highest BCUT2D eigenvalue weighted by atomic mass is 32.2. The summed E-state index contributed by atoms with van der Waals surface area (Å²) in [7, 11) is 0. The standard InChI is InChI=1S/C13H17N3O3S/c17-11(16-4-6-19-7-5-16)8-20-12-9-2-1-3-10(9)14-13(18)15-12/h1-8H2,(H,14,15,18). The summed E-state index contributed by atoms with van der Waals surface area (Å²) in [5.74, 6) is 0.426. The maximum absolute atomic E-state index is 12.1. The van der Waals surface area contributed by atoms with Crippen LogP contribution in [0.5, 0.6) is 0 Å². The molecule has 0 atom stereocenters. The van der Waals surface area contributed by atoms with Crippen molar-refractivity contribution in [2.45, 2.75) is 24.3 Å². The first-order valence-electron chi connectivity index (χ1n) is 6.84. The molecule has 2 heterocycles. The minimum absolute atomic E-state index is 0.0899. The Bertz CT molecular complexity index is 566. The minimum atomic E-state index is -0.313. The summed E-state index contributed by atoms with van der Waals surface area (Å²) < 4.78 is 5.23. The Labute approximate surface area is 120 Å². The number of thioether (sulfide) groups is 1. The van der Waals surface area contributed by atoms with Crippen molar-refractivity contribution in [2.24, 2.45) is 0 Å². The number of hydrogen-bond acceptors (Lipinski definition) is 5. The molecular formula is C13H17N3O3S. The second kappa shape index (κ2) is 5.97. The van der Waals surface area contributed by atoms with Gasteiger partial charge < -0.3 is 14.6 Å². The molecule has 0 aromatic carbocycles. The second-order valence-corrected chi connectivity index (χ2v) is 5.90. The van der Waals surface area contributed by atoms with Gasteiger partial charge in [-0.15, -0.1) is 0 Å². The molecule has 1 aliphatic heterocycles. The number of fused-ring (bicyclic) bond motifs is 1. The van der Waals surface area contributed by atoms with Gasteiger partial charge >= 0.3 is 5.69 Å². The molecule has 2 aliphatic rings. The molecule has 0 radical (unpaired) electrons. The van der Waals surface area contributed by atoms with Crippen LogP contribution in [0.3, 0.4) is 0 Å². The van der Waals surface area contributed by atoms with Gasteiger partial charge in [-0.25, -0.2) is 4.79 Å². The molecule has 1 aromatic heterocycles. The van der Waals surface area contributed by atoms with Crippen LogP contribution in [0.15, 0.2) is 9.82 Å². The first kappa shape index (κ1) is 13.6. The fourth-order valence-corrected chi connectivity index (χ4v) is 3.58. The van der Waals surface area contributed by atoms with Crippen LogP contribution in [0.25, 0.3) is 0 Å². The smallest absolute Gasteiger partial charge is 0.346 e. The number of nitrogens with one attached hydrogen (secondary N) is 1. The quantitative estimate of drug-likeness (QED) is 0.637. The maximum Gasteiger partial charge on any atom is 0.346 e. The SMILES string of the molecule is O=C(CSc1nc(=O)[nH]c2c1CCC2)N1CCOCC1. The monoisotopic (exact) mass is 295 g/mol. The number of aromatic nitrogens is 2. The van der Waals surface area contributed by atoms with Crippen molar-refractivity contribution < 1.29 is 9.53 Å². The molecule has 0 saturated carbocycles.